The van der Waals surface area contributed by atoms with Crippen molar-refractivity contribution in [2.24, 2.45) is 0 Å². The molecule has 0 aliphatic heterocycles. The fourth-order valence-electron chi connectivity index (χ4n) is 1.45. The summed E-state index contributed by atoms with van der Waals surface area (Å²) in [7, 11) is 1.55. The van der Waals surface area contributed by atoms with Crippen LogP contribution in [0.1, 0.15) is 24.9 Å². The molecule has 6 heteroatoms. The first-order valence-electron chi connectivity index (χ1n) is 5.54. The minimum Gasteiger partial charge on any atom is -0.497 e. The maximum Gasteiger partial charge on any atom is 0.413 e. The van der Waals surface area contributed by atoms with E-state index in [-0.39, 0.29) is 6.04 Å². The van der Waals surface area contributed by atoms with Gasteiger partial charge in [-0.3, -0.25) is 4.84 Å². The van der Waals surface area contributed by atoms with Crippen molar-refractivity contribution in [3.8, 4) is 5.75 Å². The Hall–Kier alpha value is -1.27. The summed E-state index contributed by atoms with van der Waals surface area (Å²) in [4.78, 5) is 4.46. The third-order valence-electron chi connectivity index (χ3n) is 2.39. The Bertz CT molecular complexity index is 351. The number of benzene rings is 1. The predicted octanol–water partition coefficient (Wildman–Crippen LogP) is 3.23. The van der Waals surface area contributed by atoms with Gasteiger partial charge in [0.05, 0.1) is 13.2 Å². The van der Waals surface area contributed by atoms with Crippen LogP contribution in [0.15, 0.2) is 24.3 Å². The summed E-state index contributed by atoms with van der Waals surface area (Å²) in [5.74, 6) is 0.699. The van der Waals surface area contributed by atoms with Gasteiger partial charge in [-0.1, -0.05) is 19.1 Å². The van der Waals surface area contributed by atoms with E-state index in [0.717, 1.165) is 5.56 Å². The molecule has 1 unspecified atom stereocenters. The quantitative estimate of drug-likeness (QED) is 0.799. The van der Waals surface area contributed by atoms with Crippen molar-refractivity contribution in [1.82, 2.24) is 5.48 Å². The second kappa shape index (κ2) is 6.61. The maximum atomic E-state index is 11.9. The Balaban J connectivity index is 2.54. The van der Waals surface area contributed by atoms with Crippen molar-refractivity contribution in [1.29, 1.82) is 0 Å². The lowest BCUT2D eigenvalue weighted by atomic mass is 10.1. The van der Waals surface area contributed by atoms with Gasteiger partial charge in [-0.05, 0) is 24.1 Å². The number of ether oxygens (including phenoxy) is 1. The SMILES string of the molecule is CCC(NOCC(F)(F)F)c1ccc(OC)cc1. The Labute approximate surface area is 104 Å². The van der Waals surface area contributed by atoms with Crippen molar-refractivity contribution in [2.45, 2.75) is 25.6 Å². The number of hydrogen-bond donors (Lipinski definition) is 1. The van der Waals surface area contributed by atoms with E-state index in [9.17, 15) is 13.2 Å². The average molecular weight is 263 g/mol. The molecule has 0 heterocycles. The molecule has 18 heavy (non-hydrogen) atoms. The first-order chi connectivity index (χ1) is 8.46. The number of nitrogens with one attached hydrogen (secondary N) is 1. The lowest BCUT2D eigenvalue weighted by Gasteiger charge is -2.18. The van der Waals surface area contributed by atoms with Gasteiger partial charge in [0, 0.05) is 0 Å². The molecule has 0 amide bonds. The minimum atomic E-state index is -4.33. The first kappa shape index (κ1) is 14.8. The van der Waals surface area contributed by atoms with Gasteiger partial charge >= 0.3 is 6.18 Å². The molecular weight excluding hydrogens is 247 g/mol. The van der Waals surface area contributed by atoms with E-state index < -0.39 is 12.8 Å². The Kier molecular flexibility index (Phi) is 5.43. The van der Waals surface area contributed by atoms with E-state index in [1.54, 1.807) is 31.4 Å². The zero-order chi connectivity index (χ0) is 13.6. The second-order valence-corrected chi connectivity index (χ2v) is 3.76. The van der Waals surface area contributed by atoms with E-state index >= 15 is 0 Å². The monoisotopic (exact) mass is 263 g/mol. The molecule has 0 radical (unpaired) electrons. The topological polar surface area (TPSA) is 30.5 Å². The second-order valence-electron chi connectivity index (χ2n) is 3.76. The van der Waals surface area contributed by atoms with Gasteiger partial charge in [-0.15, -0.1) is 0 Å². The van der Waals surface area contributed by atoms with Gasteiger partial charge in [0.15, 0.2) is 6.61 Å². The van der Waals surface area contributed by atoms with Gasteiger partial charge in [0.2, 0.25) is 0 Å². The molecule has 0 fully saturated rings. The zero-order valence-corrected chi connectivity index (χ0v) is 10.3. The Morgan fingerprint density at radius 1 is 1.22 bits per heavy atom. The average Bonchev–Trinajstić information content (AvgIpc) is 2.34. The summed E-state index contributed by atoms with van der Waals surface area (Å²) in [5, 5.41) is 0. The molecule has 0 aliphatic rings. The summed E-state index contributed by atoms with van der Waals surface area (Å²) < 4.78 is 40.8. The largest absolute Gasteiger partial charge is 0.497 e. The van der Waals surface area contributed by atoms with Crippen LogP contribution in [-0.2, 0) is 4.84 Å². The van der Waals surface area contributed by atoms with Crippen LogP contribution < -0.4 is 10.2 Å². The fourth-order valence-corrected chi connectivity index (χ4v) is 1.45. The lowest BCUT2D eigenvalue weighted by molar-refractivity contribution is -0.193. The standard InChI is InChI=1S/C12H16F3NO2/c1-3-11(16-18-8-12(13,14)15)9-4-6-10(17-2)7-5-9/h4-7,11,16H,3,8H2,1-2H3. The molecular formula is C12H16F3NO2. The molecule has 3 nitrogen and oxygen atoms in total. The van der Waals surface area contributed by atoms with Crippen LogP contribution in [0.4, 0.5) is 13.2 Å². The molecule has 102 valence electrons. The highest BCUT2D eigenvalue weighted by molar-refractivity contribution is 5.28. The Morgan fingerprint density at radius 2 is 1.83 bits per heavy atom. The molecule has 1 N–H and O–H groups in total. The van der Waals surface area contributed by atoms with Crippen molar-refractivity contribution in [3.63, 3.8) is 0 Å². The highest BCUT2D eigenvalue weighted by atomic mass is 19.4. The van der Waals surface area contributed by atoms with Crippen LogP contribution >= 0.6 is 0 Å². The molecule has 1 rings (SSSR count). The van der Waals surface area contributed by atoms with Crippen LogP contribution in [-0.4, -0.2) is 19.9 Å². The molecule has 0 aliphatic carbocycles. The van der Waals surface area contributed by atoms with Gasteiger partial charge in [0.1, 0.15) is 5.75 Å². The molecule has 0 spiro atoms. The van der Waals surface area contributed by atoms with E-state index in [1.807, 2.05) is 6.92 Å². The zero-order valence-electron chi connectivity index (χ0n) is 10.3. The first-order valence-corrected chi connectivity index (χ1v) is 5.54. The molecule has 0 saturated heterocycles. The third kappa shape index (κ3) is 4.93. The number of alkyl halides is 3. The smallest absolute Gasteiger partial charge is 0.413 e. The highest BCUT2D eigenvalue weighted by Crippen LogP contribution is 2.21. The van der Waals surface area contributed by atoms with Gasteiger partial charge < -0.3 is 4.74 Å². The van der Waals surface area contributed by atoms with Gasteiger partial charge in [0.25, 0.3) is 0 Å². The molecule has 0 aromatic heterocycles. The molecule has 1 aromatic rings. The lowest BCUT2D eigenvalue weighted by Crippen LogP contribution is -2.27. The summed E-state index contributed by atoms with van der Waals surface area (Å²) >= 11 is 0. The molecule has 0 saturated carbocycles. The van der Waals surface area contributed by atoms with Crippen molar-refractivity contribution < 1.29 is 22.7 Å². The van der Waals surface area contributed by atoms with Crippen molar-refractivity contribution in [2.75, 3.05) is 13.7 Å². The van der Waals surface area contributed by atoms with Crippen LogP contribution in [0.2, 0.25) is 0 Å². The minimum absolute atomic E-state index is 0.279. The number of halogens is 3. The summed E-state index contributed by atoms with van der Waals surface area (Å²) in [6.07, 6.45) is -3.71. The normalized spacial score (nSPS) is 13.4. The predicted molar refractivity (Wildman–Crippen MR) is 61.2 cm³/mol. The van der Waals surface area contributed by atoms with Gasteiger partial charge in [-0.25, -0.2) is 0 Å². The number of hydrogen-bond acceptors (Lipinski definition) is 3. The van der Waals surface area contributed by atoms with Crippen LogP contribution in [0, 0.1) is 0 Å². The third-order valence-corrected chi connectivity index (χ3v) is 2.39. The van der Waals surface area contributed by atoms with E-state index in [2.05, 4.69) is 10.3 Å². The Morgan fingerprint density at radius 3 is 2.28 bits per heavy atom. The highest BCUT2D eigenvalue weighted by Gasteiger charge is 2.28. The van der Waals surface area contributed by atoms with Crippen LogP contribution in [0.25, 0.3) is 0 Å². The summed E-state index contributed by atoms with van der Waals surface area (Å²) in [5.41, 5.74) is 3.27. The van der Waals surface area contributed by atoms with Crippen molar-refractivity contribution in [3.05, 3.63) is 29.8 Å². The summed E-state index contributed by atoms with van der Waals surface area (Å²) in [6, 6.07) is 6.80. The van der Waals surface area contributed by atoms with Crippen LogP contribution in [0.5, 0.6) is 5.75 Å². The fraction of sp³-hybridized carbons (Fsp3) is 0.500. The van der Waals surface area contributed by atoms with Gasteiger partial charge in [-0.2, -0.15) is 18.7 Å². The van der Waals surface area contributed by atoms with E-state index in [0.29, 0.717) is 12.2 Å². The summed E-state index contributed by atoms with van der Waals surface area (Å²) in [6.45, 7) is 0.554. The number of methoxy groups -OCH3 is 1. The molecule has 1 atom stereocenters. The number of rotatable bonds is 6. The van der Waals surface area contributed by atoms with E-state index in [4.69, 9.17) is 4.74 Å². The maximum absolute atomic E-state index is 11.9. The van der Waals surface area contributed by atoms with Crippen LogP contribution in [0.3, 0.4) is 0 Å². The molecule has 1 aromatic carbocycles. The number of hydroxylamine groups is 1. The van der Waals surface area contributed by atoms with E-state index in [1.165, 1.54) is 0 Å². The van der Waals surface area contributed by atoms with Crippen molar-refractivity contribution >= 4 is 0 Å². The molecule has 0 bridgehead atoms.